The van der Waals surface area contributed by atoms with Crippen molar-refractivity contribution < 1.29 is 5.11 Å². The van der Waals surface area contributed by atoms with Crippen molar-refractivity contribution in [3.05, 3.63) is 35.9 Å². The van der Waals surface area contributed by atoms with Crippen molar-refractivity contribution in [2.24, 2.45) is 0 Å². The van der Waals surface area contributed by atoms with Gasteiger partial charge in [0.1, 0.15) is 0 Å². The first-order valence-electron chi connectivity index (χ1n) is 4.55. The zero-order chi connectivity index (χ0) is 8.65. The highest BCUT2D eigenvalue weighted by Crippen LogP contribution is 2.05. The van der Waals surface area contributed by atoms with Gasteiger partial charge in [-0.3, -0.25) is 0 Å². The van der Waals surface area contributed by atoms with Crippen molar-refractivity contribution >= 4 is 0 Å². The van der Waals surface area contributed by atoms with Crippen LogP contribution in [-0.2, 0) is 11.5 Å². The summed E-state index contributed by atoms with van der Waals surface area (Å²) >= 11 is 0. The molecule has 1 nitrogen and oxygen atoms in total. The fourth-order valence-corrected chi connectivity index (χ4v) is 1.25. The lowest BCUT2D eigenvalue weighted by Gasteiger charge is -1.98. The fourth-order valence-electron chi connectivity index (χ4n) is 1.25. The molecular formula is C11H15O. The molecule has 0 amide bonds. The van der Waals surface area contributed by atoms with Crippen molar-refractivity contribution in [2.45, 2.75) is 25.7 Å². The summed E-state index contributed by atoms with van der Waals surface area (Å²) < 4.78 is 0. The van der Waals surface area contributed by atoms with Gasteiger partial charge in [0, 0.05) is 0 Å². The standard InChI is InChI=1S/C11H15O/c12-10-6-2-5-9-11-7-3-1-4-8-11/h1,3-4,7-8H,2,5-6,9-10H2. The normalized spacial score (nSPS) is 10.1. The summed E-state index contributed by atoms with van der Waals surface area (Å²) in [5.41, 5.74) is 1.38. The van der Waals surface area contributed by atoms with Gasteiger partial charge in [0.15, 0.2) is 0 Å². The van der Waals surface area contributed by atoms with Crippen LogP contribution in [0, 0.1) is 0 Å². The Hall–Kier alpha value is -0.820. The lowest BCUT2D eigenvalue weighted by Crippen LogP contribution is -1.86. The van der Waals surface area contributed by atoms with Gasteiger partial charge >= 0.3 is 0 Å². The maximum Gasteiger partial charge on any atom is 0.0822 e. The van der Waals surface area contributed by atoms with Crippen LogP contribution in [-0.4, -0.2) is 6.61 Å². The molecule has 0 heterocycles. The molecule has 1 rings (SSSR count). The Morgan fingerprint density at radius 2 is 1.67 bits per heavy atom. The van der Waals surface area contributed by atoms with E-state index in [1.165, 1.54) is 5.56 Å². The van der Waals surface area contributed by atoms with Crippen LogP contribution in [0.5, 0.6) is 0 Å². The number of hydrogen-bond acceptors (Lipinski definition) is 0. The van der Waals surface area contributed by atoms with E-state index in [1.54, 1.807) is 0 Å². The third-order valence-corrected chi connectivity index (χ3v) is 1.95. The van der Waals surface area contributed by atoms with Crippen molar-refractivity contribution in [1.82, 2.24) is 0 Å². The van der Waals surface area contributed by atoms with E-state index >= 15 is 0 Å². The van der Waals surface area contributed by atoms with E-state index < -0.39 is 0 Å². The van der Waals surface area contributed by atoms with Crippen LogP contribution < -0.4 is 0 Å². The van der Waals surface area contributed by atoms with Crippen molar-refractivity contribution in [3.8, 4) is 0 Å². The van der Waals surface area contributed by atoms with E-state index in [-0.39, 0.29) is 6.61 Å². The van der Waals surface area contributed by atoms with E-state index in [4.69, 9.17) is 0 Å². The van der Waals surface area contributed by atoms with Crippen LogP contribution in [0.3, 0.4) is 0 Å². The van der Waals surface area contributed by atoms with E-state index in [1.807, 2.05) is 6.07 Å². The van der Waals surface area contributed by atoms with E-state index in [9.17, 15) is 5.11 Å². The molecule has 1 radical (unpaired) electrons. The van der Waals surface area contributed by atoms with Gasteiger partial charge in [-0.2, -0.15) is 0 Å². The van der Waals surface area contributed by atoms with Gasteiger partial charge in [0.05, 0.1) is 6.61 Å². The Morgan fingerprint density at radius 3 is 2.33 bits per heavy atom. The van der Waals surface area contributed by atoms with E-state index in [0.717, 1.165) is 25.7 Å². The third kappa shape index (κ3) is 3.54. The van der Waals surface area contributed by atoms with Gasteiger partial charge < -0.3 is 0 Å². The van der Waals surface area contributed by atoms with Gasteiger partial charge in [-0.25, -0.2) is 5.11 Å². The molecule has 0 aliphatic heterocycles. The van der Waals surface area contributed by atoms with Gasteiger partial charge in [0.2, 0.25) is 0 Å². The van der Waals surface area contributed by atoms with Crippen molar-refractivity contribution in [3.63, 3.8) is 0 Å². The topological polar surface area (TPSA) is 19.9 Å². The summed E-state index contributed by atoms with van der Waals surface area (Å²) in [7, 11) is 0. The molecule has 1 aromatic rings. The van der Waals surface area contributed by atoms with Crippen LogP contribution in [0.1, 0.15) is 24.8 Å². The molecule has 65 valence electrons. The predicted octanol–water partition coefficient (Wildman–Crippen LogP) is 2.83. The Labute approximate surface area is 74.1 Å². The molecule has 0 saturated heterocycles. The fraction of sp³-hybridized carbons (Fsp3) is 0.455. The minimum atomic E-state index is 0.0782. The van der Waals surface area contributed by atoms with Gasteiger partial charge in [0.25, 0.3) is 0 Å². The minimum absolute atomic E-state index is 0.0782. The molecule has 0 spiro atoms. The number of aryl methyl sites for hydroxylation is 1. The lowest BCUT2D eigenvalue weighted by molar-refractivity contribution is 0.186. The summed E-state index contributed by atoms with van der Waals surface area (Å²) in [6.45, 7) is 0.0782. The monoisotopic (exact) mass is 163 g/mol. The number of rotatable bonds is 5. The second-order valence-electron chi connectivity index (χ2n) is 3.00. The Balaban J connectivity index is 2.16. The largest absolute Gasteiger partial charge is 0.237 e. The molecule has 0 atom stereocenters. The Morgan fingerprint density at radius 1 is 0.917 bits per heavy atom. The maximum absolute atomic E-state index is 10.1. The zero-order valence-electron chi connectivity index (χ0n) is 7.33. The van der Waals surface area contributed by atoms with E-state index in [0.29, 0.717) is 0 Å². The molecule has 12 heavy (non-hydrogen) atoms. The number of benzene rings is 1. The average Bonchev–Trinajstić information content (AvgIpc) is 2.14. The van der Waals surface area contributed by atoms with E-state index in [2.05, 4.69) is 24.3 Å². The smallest absolute Gasteiger partial charge is 0.0822 e. The lowest BCUT2D eigenvalue weighted by atomic mass is 10.1. The molecule has 0 aromatic heterocycles. The minimum Gasteiger partial charge on any atom is -0.237 e. The highest BCUT2D eigenvalue weighted by atomic mass is 16.2. The molecule has 0 unspecified atom stereocenters. The first-order chi connectivity index (χ1) is 5.93. The SMILES string of the molecule is [O]CCCCCc1ccccc1. The Bertz CT molecular complexity index is 193. The second-order valence-corrected chi connectivity index (χ2v) is 3.00. The molecular weight excluding hydrogens is 148 g/mol. The van der Waals surface area contributed by atoms with Gasteiger partial charge in [-0.1, -0.05) is 36.8 Å². The van der Waals surface area contributed by atoms with Crippen LogP contribution in [0.2, 0.25) is 0 Å². The molecule has 0 bridgehead atoms. The molecule has 0 aliphatic carbocycles. The molecule has 0 fully saturated rings. The van der Waals surface area contributed by atoms with Crippen LogP contribution in [0.4, 0.5) is 0 Å². The first-order valence-corrected chi connectivity index (χ1v) is 4.55. The highest BCUT2D eigenvalue weighted by Gasteiger charge is 1.91. The predicted molar refractivity (Wildman–Crippen MR) is 49.6 cm³/mol. The second kappa shape index (κ2) is 5.78. The quantitative estimate of drug-likeness (QED) is 0.595. The third-order valence-electron chi connectivity index (χ3n) is 1.95. The van der Waals surface area contributed by atoms with Gasteiger partial charge in [-0.05, 0) is 24.8 Å². The zero-order valence-corrected chi connectivity index (χ0v) is 7.33. The number of hydrogen-bond donors (Lipinski definition) is 0. The molecule has 1 heteroatoms. The summed E-state index contributed by atoms with van der Waals surface area (Å²) in [5, 5.41) is 10.1. The maximum atomic E-state index is 10.1. The first kappa shape index (κ1) is 9.27. The molecule has 1 aromatic carbocycles. The van der Waals surface area contributed by atoms with Crippen LogP contribution in [0.15, 0.2) is 30.3 Å². The van der Waals surface area contributed by atoms with Crippen molar-refractivity contribution in [2.75, 3.05) is 6.61 Å². The van der Waals surface area contributed by atoms with Crippen LogP contribution in [0.25, 0.3) is 0 Å². The van der Waals surface area contributed by atoms with Gasteiger partial charge in [-0.15, -0.1) is 0 Å². The Kier molecular flexibility index (Phi) is 4.47. The summed E-state index contributed by atoms with van der Waals surface area (Å²) in [5.74, 6) is 0. The highest BCUT2D eigenvalue weighted by molar-refractivity contribution is 5.14. The summed E-state index contributed by atoms with van der Waals surface area (Å²) in [6.07, 6.45) is 4.15. The summed E-state index contributed by atoms with van der Waals surface area (Å²) in [4.78, 5) is 0. The molecule has 0 aliphatic rings. The molecule has 0 N–H and O–H groups in total. The van der Waals surface area contributed by atoms with Crippen LogP contribution >= 0.6 is 0 Å². The average molecular weight is 163 g/mol. The summed E-state index contributed by atoms with van der Waals surface area (Å²) in [6, 6.07) is 10.4. The van der Waals surface area contributed by atoms with Crippen molar-refractivity contribution in [1.29, 1.82) is 0 Å². The number of unbranched alkanes of at least 4 members (excludes halogenated alkanes) is 2. The molecule has 0 saturated carbocycles.